The summed E-state index contributed by atoms with van der Waals surface area (Å²) in [6, 6.07) is 23.3. The molecule has 6 heteroatoms. The zero-order valence-corrected chi connectivity index (χ0v) is 16.3. The summed E-state index contributed by atoms with van der Waals surface area (Å²) < 4.78 is 6.94. The lowest BCUT2D eigenvalue weighted by atomic mass is 10.0. The summed E-state index contributed by atoms with van der Waals surface area (Å²) >= 11 is 3.41. The molecule has 0 fully saturated rings. The van der Waals surface area contributed by atoms with E-state index in [4.69, 9.17) is 4.74 Å². The maximum Gasteiger partial charge on any atom is 0.269 e. The average Bonchev–Trinajstić information content (AvgIpc) is 2.72. The monoisotopic (exact) mass is 434 g/mol. The van der Waals surface area contributed by atoms with Gasteiger partial charge in [-0.05, 0) is 47.5 Å². The van der Waals surface area contributed by atoms with Crippen LogP contribution in [0.2, 0.25) is 0 Å². The van der Waals surface area contributed by atoms with Gasteiger partial charge in [-0.3, -0.25) is 10.1 Å². The standard InChI is InChI=1S/C22H15BrN2O3/c23-20-9-5-16(6-10-20)15-28-22-4-2-1-3-18(22)13-19(14-24)17-7-11-21(12-8-17)25(26)27/h1-13H,15H2/b19-13+. The van der Waals surface area contributed by atoms with Crippen LogP contribution in [0.1, 0.15) is 16.7 Å². The van der Waals surface area contributed by atoms with Gasteiger partial charge >= 0.3 is 0 Å². The molecule has 0 aliphatic carbocycles. The minimum atomic E-state index is -0.467. The zero-order valence-electron chi connectivity index (χ0n) is 14.7. The van der Waals surface area contributed by atoms with Gasteiger partial charge in [0.1, 0.15) is 12.4 Å². The van der Waals surface area contributed by atoms with Crippen molar-refractivity contribution in [3.63, 3.8) is 0 Å². The molecule has 0 amide bonds. The van der Waals surface area contributed by atoms with E-state index < -0.39 is 4.92 Å². The highest BCUT2D eigenvalue weighted by molar-refractivity contribution is 9.10. The van der Waals surface area contributed by atoms with Crippen LogP contribution in [0.25, 0.3) is 11.6 Å². The van der Waals surface area contributed by atoms with E-state index in [1.54, 1.807) is 18.2 Å². The zero-order chi connectivity index (χ0) is 19.9. The quantitative estimate of drug-likeness (QED) is 0.206. The van der Waals surface area contributed by atoms with Crippen molar-refractivity contribution in [2.24, 2.45) is 0 Å². The molecule has 0 radical (unpaired) electrons. The smallest absolute Gasteiger partial charge is 0.269 e. The van der Waals surface area contributed by atoms with E-state index in [2.05, 4.69) is 22.0 Å². The first kappa shape index (κ1) is 19.3. The lowest BCUT2D eigenvalue weighted by Gasteiger charge is -2.10. The summed E-state index contributed by atoms with van der Waals surface area (Å²) in [4.78, 5) is 10.3. The van der Waals surface area contributed by atoms with E-state index in [1.807, 2.05) is 48.5 Å². The summed E-state index contributed by atoms with van der Waals surface area (Å²) in [5, 5.41) is 20.3. The minimum Gasteiger partial charge on any atom is -0.488 e. The summed E-state index contributed by atoms with van der Waals surface area (Å²) in [5.74, 6) is 0.653. The third-order valence-corrected chi connectivity index (χ3v) is 4.56. The molecule has 0 aliphatic heterocycles. The Bertz CT molecular complexity index is 1050. The fourth-order valence-corrected chi connectivity index (χ4v) is 2.84. The fourth-order valence-electron chi connectivity index (χ4n) is 2.57. The minimum absolute atomic E-state index is 0.0146. The van der Waals surface area contributed by atoms with E-state index in [1.165, 1.54) is 12.1 Å². The highest BCUT2D eigenvalue weighted by Gasteiger charge is 2.09. The van der Waals surface area contributed by atoms with Crippen LogP contribution in [0, 0.1) is 21.4 Å². The molecule has 138 valence electrons. The van der Waals surface area contributed by atoms with Crippen LogP contribution < -0.4 is 4.74 Å². The number of hydrogen-bond donors (Lipinski definition) is 0. The number of hydrogen-bond acceptors (Lipinski definition) is 4. The van der Waals surface area contributed by atoms with Crippen LogP contribution in [0.3, 0.4) is 0 Å². The predicted octanol–water partition coefficient (Wildman–Crippen LogP) is 6.00. The molecule has 0 aliphatic rings. The van der Waals surface area contributed by atoms with Gasteiger partial charge in [0.2, 0.25) is 0 Å². The Labute approximate surface area is 170 Å². The molecule has 0 unspecified atom stereocenters. The van der Waals surface area contributed by atoms with E-state index >= 15 is 0 Å². The Morgan fingerprint density at radius 3 is 2.39 bits per heavy atom. The molecule has 28 heavy (non-hydrogen) atoms. The Morgan fingerprint density at radius 1 is 1.07 bits per heavy atom. The molecular weight excluding hydrogens is 420 g/mol. The normalized spacial score (nSPS) is 10.9. The highest BCUT2D eigenvalue weighted by atomic mass is 79.9. The van der Waals surface area contributed by atoms with Gasteiger partial charge in [-0.15, -0.1) is 0 Å². The number of nitriles is 1. The van der Waals surface area contributed by atoms with Crippen molar-refractivity contribution in [2.45, 2.75) is 6.61 Å². The number of non-ortho nitro benzene ring substituents is 1. The lowest BCUT2D eigenvalue weighted by Crippen LogP contribution is -1.97. The predicted molar refractivity (Wildman–Crippen MR) is 111 cm³/mol. The lowest BCUT2D eigenvalue weighted by molar-refractivity contribution is -0.384. The second-order valence-electron chi connectivity index (χ2n) is 5.93. The number of nitrogens with zero attached hydrogens (tertiary/aromatic N) is 2. The number of halogens is 1. The molecular formula is C22H15BrN2O3. The van der Waals surface area contributed by atoms with Gasteiger partial charge in [0, 0.05) is 22.2 Å². The SMILES string of the molecule is N#C/C(=C\c1ccccc1OCc1ccc(Br)cc1)c1ccc([N+](=O)[O-])cc1. The Kier molecular flexibility index (Phi) is 6.20. The molecule has 0 bridgehead atoms. The molecule has 0 spiro atoms. The molecule has 5 nitrogen and oxygen atoms in total. The highest BCUT2D eigenvalue weighted by Crippen LogP contribution is 2.26. The number of para-hydroxylation sites is 1. The van der Waals surface area contributed by atoms with E-state index in [9.17, 15) is 15.4 Å². The number of nitro benzene ring substituents is 1. The van der Waals surface area contributed by atoms with Gasteiger partial charge in [0.25, 0.3) is 5.69 Å². The Balaban J connectivity index is 1.84. The first-order valence-corrected chi connectivity index (χ1v) is 9.19. The Morgan fingerprint density at radius 2 is 1.75 bits per heavy atom. The third-order valence-electron chi connectivity index (χ3n) is 4.04. The van der Waals surface area contributed by atoms with Crippen LogP contribution in [-0.2, 0) is 6.61 Å². The summed E-state index contributed by atoms with van der Waals surface area (Å²) in [7, 11) is 0. The number of rotatable bonds is 6. The molecule has 0 aromatic heterocycles. The van der Waals surface area contributed by atoms with Crippen molar-refractivity contribution < 1.29 is 9.66 Å². The summed E-state index contributed by atoms with van der Waals surface area (Å²) in [6.45, 7) is 0.400. The molecule has 3 aromatic carbocycles. The summed E-state index contributed by atoms with van der Waals surface area (Å²) in [6.07, 6.45) is 1.72. The van der Waals surface area contributed by atoms with E-state index in [0.29, 0.717) is 23.5 Å². The molecule has 3 aromatic rings. The van der Waals surface area contributed by atoms with E-state index in [-0.39, 0.29) is 5.69 Å². The first-order chi connectivity index (χ1) is 13.6. The Hall–Kier alpha value is -3.43. The number of allylic oxidation sites excluding steroid dienone is 1. The van der Waals surface area contributed by atoms with Gasteiger partial charge in [0.15, 0.2) is 0 Å². The molecule has 0 N–H and O–H groups in total. The maximum atomic E-state index is 10.8. The van der Waals surface area contributed by atoms with Crippen LogP contribution in [0.5, 0.6) is 5.75 Å². The van der Waals surface area contributed by atoms with Crippen molar-refractivity contribution in [3.8, 4) is 11.8 Å². The number of ether oxygens (including phenoxy) is 1. The first-order valence-electron chi connectivity index (χ1n) is 8.40. The van der Waals surface area contributed by atoms with Crippen molar-refractivity contribution in [2.75, 3.05) is 0 Å². The maximum absolute atomic E-state index is 10.8. The molecule has 0 saturated heterocycles. The van der Waals surface area contributed by atoms with Crippen LogP contribution in [0.4, 0.5) is 5.69 Å². The van der Waals surface area contributed by atoms with Gasteiger partial charge in [0.05, 0.1) is 16.6 Å². The molecule has 3 rings (SSSR count). The largest absolute Gasteiger partial charge is 0.488 e. The molecule has 0 atom stereocenters. The topological polar surface area (TPSA) is 76.2 Å². The summed E-state index contributed by atoms with van der Waals surface area (Å²) in [5.41, 5.74) is 2.78. The molecule has 0 saturated carbocycles. The van der Waals surface area contributed by atoms with Crippen LogP contribution >= 0.6 is 15.9 Å². The molecule has 0 heterocycles. The van der Waals surface area contributed by atoms with E-state index in [0.717, 1.165) is 15.6 Å². The van der Waals surface area contributed by atoms with Crippen molar-refractivity contribution in [3.05, 3.63) is 104 Å². The van der Waals surface area contributed by atoms with Gasteiger partial charge in [-0.1, -0.05) is 46.3 Å². The van der Waals surface area contributed by atoms with Gasteiger partial charge in [-0.2, -0.15) is 5.26 Å². The fraction of sp³-hybridized carbons (Fsp3) is 0.0455. The van der Waals surface area contributed by atoms with Crippen molar-refractivity contribution in [1.29, 1.82) is 5.26 Å². The van der Waals surface area contributed by atoms with Crippen molar-refractivity contribution >= 4 is 33.3 Å². The second kappa shape index (κ2) is 8.98. The third kappa shape index (κ3) is 4.84. The average molecular weight is 435 g/mol. The van der Waals surface area contributed by atoms with Crippen LogP contribution in [-0.4, -0.2) is 4.92 Å². The van der Waals surface area contributed by atoms with Crippen LogP contribution in [0.15, 0.2) is 77.3 Å². The van der Waals surface area contributed by atoms with Crippen molar-refractivity contribution in [1.82, 2.24) is 0 Å². The number of benzene rings is 3. The number of nitro groups is 1. The van der Waals surface area contributed by atoms with Gasteiger partial charge in [-0.25, -0.2) is 0 Å². The second-order valence-corrected chi connectivity index (χ2v) is 6.84. The van der Waals surface area contributed by atoms with Gasteiger partial charge < -0.3 is 4.74 Å².